The molecule has 0 radical (unpaired) electrons. The Morgan fingerprint density at radius 2 is 2.14 bits per heavy atom. The largest absolute Gasteiger partial charge is 0.357 e. The van der Waals surface area contributed by atoms with E-state index in [4.69, 9.17) is 0 Å². The van der Waals surface area contributed by atoms with E-state index in [2.05, 4.69) is 15.5 Å². The molecule has 0 unspecified atom stereocenters. The third kappa shape index (κ3) is 4.27. The molecule has 2 heterocycles. The number of nitro benzene ring substituents is 1. The van der Waals surface area contributed by atoms with E-state index in [-0.39, 0.29) is 17.3 Å². The quantitative estimate of drug-likeness (QED) is 0.431. The molecule has 1 amide bonds. The molecule has 1 N–H and O–H groups in total. The van der Waals surface area contributed by atoms with Gasteiger partial charge in [-0.15, -0.1) is 10.2 Å². The predicted octanol–water partition coefficient (Wildman–Crippen LogP) is 3.87. The molecule has 2 aliphatic rings. The van der Waals surface area contributed by atoms with Crippen LogP contribution < -0.4 is 10.2 Å². The Labute approximate surface area is 170 Å². The first kappa shape index (κ1) is 19.1. The number of aromatic nitrogens is 2. The van der Waals surface area contributed by atoms with Crippen molar-refractivity contribution in [2.24, 2.45) is 0 Å². The summed E-state index contributed by atoms with van der Waals surface area (Å²) < 4.78 is 0.773. The van der Waals surface area contributed by atoms with Gasteiger partial charge in [0.2, 0.25) is 11.0 Å². The number of nitrogens with zero attached hydrogens (tertiary/aromatic N) is 4. The van der Waals surface area contributed by atoms with E-state index in [1.165, 1.54) is 61.3 Å². The highest BCUT2D eigenvalue weighted by atomic mass is 32.2. The number of rotatable bonds is 6. The molecule has 148 valence electrons. The zero-order valence-corrected chi connectivity index (χ0v) is 16.9. The highest BCUT2D eigenvalue weighted by Gasteiger charge is 2.26. The van der Waals surface area contributed by atoms with E-state index in [9.17, 15) is 14.9 Å². The number of benzene rings is 1. The van der Waals surface area contributed by atoms with Crippen molar-refractivity contribution in [1.29, 1.82) is 0 Å². The lowest BCUT2D eigenvalue weighted by atomic mass is 9.96. The van der Waals surface area contributed by atoms with E-state index < -0.39 is 4.92 Å². The third-order valence-corrected chi connectivity index (χ3v) is 7.10. The standard InChI is InChI=1S/C18H21N5O3S2/c24-16(22-9-8-12-10-14(23(25)26)6-7-15(12)22)11-27-18-21-20-17(28-18)19-13-4-2-1-3-5-13/h6-7,10,13H,1-5,8-9,11H2,(H,19,20). The minimum Gasteiger partial charge on any atom is -0.357 e. The number of anilines is 2. The van der Waals surface area contributed by atoms with Gasteiger partial charge >= 0.3 is 0 Å². The normalized spacial score (nSPS) is 16.8. The third-order valence-electron chi connectivity index (χ3n) is 5.13. The number of hydrogen-bond donors (Lipinski definition) is 1. The Morgan fingerprint density at radius 3 is 2.93 bits per heavy atom. The first-order valence-corrected chi connectivity index (χ1v) is 11.2. The number of hydrogen-bond acceptors (Lipinski definition) is 8. The van der Waals surface area contributed by atoms with Crippen molar-refractivity contribution >= 4 is 45.5 Å². The van der Waals surface area contributed by atoms with Crippen molar-refractivity contribution < 1.29 is 9.72 Å². The molecule has 1 aliphatic heterocycles. The van der Waals surface area contributed by atoms with E-state index in [1.54, 1.807) is 17.0 Å². The lowest BCUT2D eigenvalue weighted by molar-refractivity contribution is -0.384. The summed E-state index contributed by atoms with van der Waals surface area (Å²) in [6.45, 7) is 0.556. The van der Waals surface area contributed by atoms with Crippen LogP contribution in [0.3, 0.4) is 0 Å². The average Bonchev–Trinajstić information content (AvgIpc) is 3.33. The first-order valence-electron chi connectivity index (χ1n) is 9.40. The number of thioether (sulfide) groups is 1. The first-order chi connectivity index (χ1) is 13.6. The molecule has 1 aromatic carbocycles. The summed E-state index contributed by atoms with van der Waals surface area (Å²) in [4.78, 5) is 24.8. The van der Waals surface area contributed by atoms with Crippen molar-refractivity contribution in [3.05, 3.63) is 33.9 Å². The Morgan fingerprint density at radius 1 is 1.32 bits per heavy atom. The van der Waals surface area contributed by atoms with E-state index >= 15 is 0 Å². The summed E-state index contributed by atoms with van der Waals surface area (Å²) in [5.74, 6) is 0.253. The summed E-state index contributed by atoms with van der Waals surface area (Å²) in [5, 5.41) is 23.6. The SMILES string of the molecule is O=C(CSc1nnc(NC2CCCCC2)s1)N1CCc2cc([N+](=O)[O-])ccc21. The summed E-state index contributed by atoms with van der Waals surface area (Å²) >= 11 is 2.87. The highest BCUT2D eigenvalue weighted by Crippen LogP contribution is 2.33. The lowest BCUT2D eigenvalue weighted by Gasteiger charge is -2.21. The maximum atomic E-state index is 12.6. The highest BCUT2D eigenvalue weighted by molar-refractivity contribution is 8.01. The van der Waals surface area contributed by atoms with Crippen LogP contribution in [0.25, 0.3) is 0 Å². The second kappa shape index (κ2) is 8.44. The van der Waals surface area contributed by atoms with Gasteiger partial charge in [-0.25, -0.2) is 0 Å². The van der Waals surface area contributed by atoms with E-state index in [0.29, 0.717) is 19.0 Å². The number of fused-ring (bicyclic) bond motifs is 1. The van der Waals surface area contributed by atoms with Crippen LogP contribution in [0.1, 0.15) is 37.7 Å². The topological polar surface area (TPSA) is 101 Å². The van der Waals surface area contributed by atoms with Crippen LogP contribution in [-0.4, -0.2) is 39.4 Å². The van der Waals surface area contributed by atoms with Gasteiger partial charge in [-0.2, -0.15) is 0 Å². The maximum Gasteiger partial charge on any atom is 0.269 e. The van der Waals surface area contributed by atoms with E-state index in [1.807, 2.05) is 0 Å². The predicted molar refractivity (Wildman–Crippen MR) is 110 cm³/mol. The molecule has 0 saturated heterocycles. The maximum absolute atomic E-state index is 12.6. The number of nitro groups is 1. The molecule has 1 fully saturated rings. The monoisotopic (exact) mass is 419 g/mol. The lowest BCUT2D eigenvalue weighted by Crippen LogP contribution is -2.30. The number of amides is 1. The van der Waals surface area contributed by atoms with Gasteiger partial charge in [0.1, 0.15) is 0 Å². The van der Waals surface area contributed by atoms with E-state index in [0.717, 1.165) is 20.7 Å². The van der Waals surface area contributed by atoms with Crippen molar-refractivity contribution in [3.63, 3.8) is 0 Å². The fourth-order valence-corrected chi connectivity index (χ4v) is 5.42. The Bertz CT molecular complexity index is 882. The molecule has 0 spiro atoms. The van der Waals surface area contributed by atoms with Crippen molar-refractivity contribution in [2.75, 3.05) is 22.5 Å². The Kier molecular flexibility index (Phi) is 5.77. The molecule has 4 rings (SSSR count). The summed E-state index contributed by atoms with van der Waals surface area (Å²) in [6.07, 6.45) is 6.81. The molecular weight excluding hydrogens is 398 g/mol. The van der Waals surface area contributed by atoms with Crippen LogP contribution in [0.5, 0.6) is 0 Å². The molecule has 1 aliphatic carbocycles. The molecule has 1 aromatic heterocycles. The molecule has 28 heavy (non-hydrogen) atoms. The molecule has 8 nitrogen and oxygen atoms in total. The van der Waals surface area contributed by atoms with Crippen LogP contribution in [0, 0.1) is 10.1 Å². The van der Waals surface area contributed by atoms with Gasteiger partial charge in [0.05, 0.1) is 10.7 Å². The summed E-state index contributed by atoms with van der Waals surface area (Å²) in [6, 6.07) is 5.15. The zero-order chi connectivity index (χ0) is 19.5. The molecule has 10 heteroatoms. The van der Waals surface area contributed by atoms with Crippen molar-refractivity contribution in [1.82, 2.24) is 10.2 Å². The number of carbonyl (C=O) groups is 1. The molecular formula is C18H21N5O3S2. The van der Waals surface area contributed by atoms with Crippen LogP contribution in [0.4, 0.5) is 16.5 Å². The number of non-ortho nitro benzene ring substituents is 1. The van der Waals surface area contributed by atoms with Crippen LogP contribution in [-0.2, 0) is 11.2 Å². The average molecular weight is 420 g/mol. The fourth-order valence-electron chi connectivity index (χ4n) is 3.71. The van der Waals surface area contributed by atoms with Crippen molar-refractivity contribution in [2.45, 2.75) is 48.9 Å². The van der Waals surface area contributed by atoms with Crippen molar-refractivity contribution in [3.8, 4) is 0 Å². The Balaban J connectivity index is 1.32. The molecule has 0 atom stereocenters. The second-order valence-electron chi connectivity index (χ2n) is 7.01. The summed E-state index contributed by atoms with van der Waals surface area (Å²) in [7, 11) is 0. The van der Waals surface area contributed by atoms with Gasteiger partial charge in [-0.05, 0) is 30.9 Å². The number of nitrogens with one attached hydrogen (secondary N) is 1. The van der Waals surface area contributed by atoms with Crippen LogP contribution in [0.2, 0.25) is 0 Å². The van der Waals surface area contributed by atoms with Gasteiger partial charge < -0.3 is 10.2 Å². The smallest absolute Gasteiger partial charge is 0.269 e. The molecule has 2 aromatic rings. The minimum atomic E-state index is -0.408. The van der Waals surface area contributed by atoms with Gasteiger partial charge in [-0.3, -0.25) is 14.9 Å². The molecule has 0 bridgehead atoms. The second-order valence-corrected chi connectivity index (χ2v) is 9.21. The van der Waals surface area contributed by atoms with Gasteiger partial charge in [0, 0.05) is 30.4 Å². The minimum absolute atomic E-state index is 0.0189. The van der Waals surface area contributed by atoms with Gasteiger partial charge in [0.15, 0.2) is 4.34 Å². The van der Waals surface area contributed by atoms with Crippen LogP contribution >= 0.6 is 23.1 Å². The number of carbonyl (C=O) groups excluding carboxylic acids is 1. The fraction of sp³-hybridized carbons (Fsp3) is 0.500. The van der Waals surface area contributed by atoms with Gasteiger partial charge in [-0.1, -0.05) is 42.4 Å². The zero-order valence-electron chi connectivity index (χ0n) is 15.3. The Hall–Kier alpha value is -2.20. The molecule has 1 saturated carbocycles. The van der Waals surface area contributed by atoms with Crippen LogP contribution in [0.15, 0.2) is 22.5 Å². The van der Waals surface area contributed by atoms with Gasteiger partial charge in [0.25, 0.3) is 5.69 Å². The summed E-state index contributed by atoms with van der Waals surface area (Å²) in [5.41, 5.74) is 1.69.